The predicted octanol–water partition coefficient (Wildman–Crippen LogP) is 0.693. The number of aromatic amines is 1. The Labute approximate surface area is 138 Å². The van der Waals surface area contributed by atoms with Gasteiger partial charge >= 0.3 is 0 Å². The smallest absolute Gasteiger partial charge is 0.251 e. The van der Waals surface area contributed by atoms with Crippen molar-refractivity contribution in [3.8, 4) is 11.4 Å². The van der Waals surface area contributed by atoms with Crippen LogP contribution in [0.2, 0.25) is 0 Å². The number of carbonyl (C=O) groups is 1. The Balaban J connectivity index is 1.61. The number of hydrogen-bond acceptors (Lipinski definition) is 6. The molecule has 0 aliphatic rings. The molecule has 8 nitrogen and oxygen atoms in total. The lowest BCUT2D eigenvalue weighted by molar-refractivity contribution is 0.0950. The first kappa shape index (κ1) is 15.8. The van der Waals surface area contributed by atoms with Crippen LogP contribution in [0.5, 0.6) is 0 Å². The maximum atomic E-state index is 12.2. The van der Waals surface area contributed by atoms with Crippen molar-refractivity contribution in [3.05, 3.63) is 59.4 Å². The number of nitrogens with one attached hydrogen (secondary N) is 2. The molecular formula is C16H17N7O. The standard InChI is InChI=1S/C16H17N7O/c17-7-6-11-2-1-3-12(8-11)16(24)19-10-14-5-4-13(9-18-14)15-20-22-23-21-15/h1-5,8-9H,6-7,10,17H2,(H,19,24)(H,20,21,22,23). The fourth-order valence-corrected chi connectivity index (χ4v) is 2.25. The van der Waals surface area contributed by atoms with E-state index in [1.165, 1.54) is 0 Å². The molecule has 3 aromatic rings. The van der Waals surface area contributed by atoms with Crippen LogP contribution in [0, 0.1) is 0 Å². The van der Waals surface area contributed by atoms with E-state index in [9.17, 15) is 4.79 Å². The Morgan fingerprint density at radius 1 is 1.25 bits per heavy atom. The molecule has 0 fully saturated rings. The topological polar surface area (TPSA) is 122 Å². The second-order valence-corrected chi connectivity index (χ2v) is 5.20. The van der Waals surface area contributed by atoms with E-state index in [0.717, 1.165) is 23.2 Å². The lowest BCUT2D eigenvalue weighted by Crippen LogP contribution is -2.23. The zero-order chi connectivity index (χ0) is 16.8. The fourth-order valence-electron chi connectivity index (χ4n) is 2.25. The van der Waals surface area contributed by atoms with Gasteiger partial charge in [0, 0.05) is 17.3 Å². The van der Waals surface area contributed by atoms with Crippen LogP contribution in [0.3, 0.4) is 0 Å². The highest BCUT2D eigenvalue weighted by atomic mass is 16.1. The van der Waals surface area contributed by atoms with Crippen LogP contribution in [0.25, 0.3) is 11.4 Å². The average Bonchev–Trinajstić information content (AvgIpc) is 3.15. The number of nitrogens with two attached hydrogens (primary N) is 1. The van der Waals surface area contributed by atoms with Gasteiger partial charge in [-0.1, -0.05) is 12.1 Å². The highest BCUT2D eigenvalue weighted by Gasteiger charge is 2.07. The van der Waals surface area contributed by atoms with Crippen LogP contribution < -0.4 is 11.1 Å². The Bertz CT molecular complexity index is 800. The molecule has 3 rings (SSSR count). The molecule has 0 spiro atoms. The van der Waals surface area contributed by atoms with Gasteiger partial charge in [-0.15, -0.1) is 10.2 Å². The van der Waals surface area contributed by atoms with Gasteiger partial charge in [0.2, 0.25) is 5.82 Å². The van der Waals surface area contributed by atoms with Crippen LogP contribution >= 0.6 is 0 Å². The van der Waals surface area contributed by atoms with Crippen LogP contribution in [-0.2, 0) is 13.0 Å². The number of rotatable bonds is 6. The quantitative estimate of drug-likeness (QED) is 0.613. The molecule has 0 aliphatic heterocycles. The highest BCUT2D eigenvalue weighted by molar-refractivity contribution is 5.94. The van der Waals surface area contributed by atoms with E-state index in [-0.39, 0.29) is 5.91 Å². The minimum atomic E-state index is -0.141. The van der Waals surface area contributed by atoms with Crippen molar-refractivity contribution in [3.63, 3.8) is 0 Å². The second kappa shape index (κ2) is 7.42. The van der Waals surface area contributed by atoms with Crippen molar-refractivity contribution in [1.29, 1.82) is 0 Å². The molecule has 0 atom stereocenters. The summed E-state index contributed by atoms with van der Waals surface area (Å²) in [6.07, 6.45) is 2.40. The molecule has 2 aromatic heterocycles. The van der Waals surface area contributed by atoms with Gasteiger partial charge in [0.15, 0.2) is 0 Å². The van der Waals surface area contributed by atoms with Gasteiger partial charge in [0.25, 0.3) is 5.91 Å². The summed E-state index contributed by atoms with van der Waals surface area (Å²) >= 11 is 0. The summed E-state index contributed by atoms with van der Waals surface area (Å²) in [5.41, 5.74) is 8.71. The van der Waals surface area contributed by atoms with Gasteiger partial charge < -0.3 is 11.1 Å². The van der Waals surface area contributed by atoms with Crippen molar-refractivity contribution in [1.82, 2.24) is 30.9 Å². The van der Waals surface area contributed by atoms with Gasteiger partial charge in [0.05, 0.1) is 12.2 Å². The zero-order valence-electron chi connectivity index (χ0n) is 12.9. The zero-order valence-corrected chi connectivity index (χ0v) is 12.9. The minimum Gasteiger partial charge on any atom is -0.346 e. The normalized spacial score (nSPS) is 10.5. The molecule has 8 heteroatoms. The van der Waals surface area contributed by atoms with Gasteiger partial charge in [-0.05, 0) is 48.0 Å². The Kier molecular flexibility index (Phi) is 4.87. The number of aromatic nitrogens is 5. The number of carbonyl (C=O) groups excluding carboxylic acids is 1. The second-order valence-electron chi connectivity index (χ2n) is 5.20. The largest absolute Gasteiger partial charge is 0.346 e. The minimum absolute atomic E-state index is 0.141. The Morgan fingerprint density at radius 2 is 2.17 bits per heavy atom. The first-order chi connectivity index (χ1) is 11.8. The fraction of sp³-hybridized carbons (Fsp3) is 0.188. The summed E-state index contributed by atoms with van der Waals surface area (Å²) in [4.78, 5) is 16.5. The summed E-state index contributed by atoms with van der Waals surface area (Å²) < 4.78 is 0. The first-order valence-corrected chi connectivity index (χ1v) is 7.52. The summed E-state index contributed by atoms with van der Waals surface area (Å²) in [5, 5.41) is 16.5. The monoisotopic (exact) mass is 323 g/mol. The lowest BCUT2D eigenvalue weighted by atomic mass is 10.1. The molecule has 0 saturated heterocycles. The van der Waals surface area contributed by atoms with E-state index in [1.54, 1.807) is 12.3 Å². The third-order valence-corrected chi connectivity index (χ3v) is 3.48. The Morgan fingerprint density at radius 3 is 2.88 bits per heavy atom. The molecule has 0 bridgehead atoms. The number of pyridine rings is 1. The van der Waals surface area contributed by atoms with Crippen molar-refractivity contribution in [2.24, 2.45) is 5.73 Å². The van der Waals surface area contributed by atoms with Gasteiger partial charge in [-0.25, -0.2) is 0 Å². The molecule has 0 saturated carbocycles. The van der Waals surface area contributed by atoms with E-state index >= 15 is 0 Å². The molecule has 1 amide bonds. The maximum Gasteiger partial charge on any atom is 0.251 e. The van der Waals surface area contributed by atoms with E-state index in [2.05, 4.69) is 30.9 Å². The lowest BCUT2D eigenvalue weighted by Gasteiger charge is -2.07. The molecule has 1 aromatic carbocycles. The number of nitrogens with zero attached hydrogens (tertiary/aromatic N) is 4. The number of H-pyrrole nitrogens is 1. The number of amides is 1. The Hall–Kier alpha value is -3.13. The summed E-state index contributed by atoms with van der Waals surface area (Å²) in [5.74, 6) is 0.340. The summed E-state index contributed by atoms with van der Waals surface area (Å²) in [7, 11) is 0. The van der Waals surface area contributed by atoms with Crippen LogP contribution in [0.15, 0.2) is 42.6 Å². The van der Waals surface area contributed by atoms with E-state index in [4.69, 9.17) is 5.73 Å². The SMILES string of the molecule is NCCc1cccc(C(=O)NCc2ccc(-c3nn[nH]n3)cn2)c1. The number of tetrazole rings is 1. The van der Waals surface area contributed by atoms with Crippen molar-refractivity contribution < 1.29 is 4.79 Å². The first-order valence-electron chi connectivity index (χ1n) is 7.52. The van der Waals surface area contributed by atoms with Crippen molar-refractivity contribution in [2.45, 2.75) is 13.0 Å². The molecular weight excluding hydrogens is 306 g/mol. The highest BCUT2D eigenvalue weighted by Crippen LogP contribution is 2.11. The molecule has 2 heterocycles. The van der Waals surface area contributed by atoms with E-state index in [1.807, 2.05) is 30.3 Å². The predicted molar refractivity (Wildman–Crippen MR) is 87.8 cm³/mol. The van der Waals surface area contributed by atoms with Gasteiger partial charge in [-0.2, -0.15) is 5.21 Å². The van der Waals surface area contributed by atoms with Crippen LogP contribution in [0.4, 0.5) is 0 Å². The molecule has 0 radical (unpaired) electrons. The molecule has 24 heavy (non-hydrogen) atoms. The summed E-state index contributed by atoms with van der Waals surface area (Å²) in [6.45, 7) is 0.897. The maximum absolute atomic E-state index is 12.2. The van der Waals surface area contributed by atoms with Crippen LogP contribution in [-0.4, -0.2) is 38.1 Å². The molecule has 0 aliphatic carbocycles. The summed E-state index contributed by atoms with van der Waals surface area (Å²) in [6, 6.07) is 11.1. The van der Waals surface area contributed by atoms with Crippen molar-refractivity contribution in [2.75, 3.05) is 6.54 Å². The van der Waals surface area contributed by atoms with Crippen LogP contribution in [0.1, 0.15) is 21.6 Å². The molecule has 0 unspecified atom stereocenters. The molecule has 122 valence electrons. The average molecular weight is 323 g/mol. The third-order valence-electron chi connectivity index (χ3n) is 3.48. The number of benzene rings is 1. The van der Waals surface area contributed by atoms with Gasteiger partial charge in [-0.3, -0.25) is 9.78 Å². The van der Waals surface area contributed by atoms with Gasteiger partial charge in [0.1, 0.15) is 0 Å². The number of hydrogen-bond donors (Lipinski definition) is 3. The third kappa shape index (κ3) is 3.79. The van der Waals surface area contributed by atoms with E-state index in [0.29, 0.717) is 24.5 Å². The molecule has 4 N–H and O–H groups in total. The van der Waals surface area contributed by atoms with Crippen molar-refractivity contribution >= 4 is 5.91 Å². The van der Waals surface area contributed by atoms with E-state index < -0.39 is 0 Å².